The number of benzene rings is 2. The van der Waals surface area contributed by atoms with Crippen LogP contribution in [0.5, 0.6) is 0 Å². The van der Waals surface area contributed by atoms with Crippen molar-refractivity contribution in [3.05, 3.63) is 42.0 Å². The number of sulfonamides is 1. The third kappa shape index (κ3) is 3.64. The number of carboxylic acid groups (broad SMARTS) is 1. The molecule has 28 heavy (non-hydrogen) atoms. The number of nitrogens with one attached hydrogen (secondary N) is 1. The van der Waals surface area contributed by atoms with Gasteiger partial charge in [-0.3, -0.25) is 4.72 Å². The number of carbonyl (C=O) groups is 1. The highest BCUT2D eigenvalue weighted by Crippen LogP contribution is 2.29. The monoisotopic (exact) mass is 436 g/mol. The maximum absolute atomic E-state index is 12.8. The average molecular weight is 437 g/mol. The molecule has 146 valence electrons. The van der Waals surface area contributed by atoms with Gasteiger partial charge >= 0.3 is 5.97 Å². The summed E-state index contributed by atoms with van der Waals surface area (Å²) in [7, 11) is -3.95. The lowest BCUT2D eigenvalue weighted by atomic mass is 10.1. The number of rotatable bonds is 5. The van der Waals surface area contributed by atoms with Crippen LogP contribution in [-0.4, -0.2) is 52.8 Å². The van der Waals surface area contributed by atoms with Gasteiger partial charge < -0.3 is 10.0 Å². The Hall–Kier alpha value is -2.37. The Morgan fingerprint density at radius 2 is 1.93 bits per heavy atom. The molecule has 0 atom stereocenters. The van der Waals surface area contributed by atoms with Crippen LogP contribution in [-0.2, 0) is 10.0 Å². The van der Waals surface area contributed by atoms with Crippen LogP contribution >= 0.6 is 23.5 Å². The zero-order chi connectivity index (χ0) is 19.7. The third-order valence-electron chi connectivity index (χ3n) is 4.37. The first kappa shape index (κ1) is 19.0. The van der Waals surface area contributed by atoms with Gasteiger partial charge in [0, 0.05) is 30.3 Å². The molecule has 0 unspecified atom stereocenters. The second-order valence-corrected chi connectivity index (χ2v) is 9.53. The summed E-state index contributed by atoms with van der Waals surface area (Å²) in [4.78, 5) is 13.8. The molecule has 1 aromatic heterocycles. The molecule has 1 saturated heterocycles. The van der Waals surface area contributed by atoms with E-state index in [0.29, 0.717) is 16.7 Å². The van der Waals surface area contributed by atoms with Gasteiger partial charge in [-0.25, -0.2) is 13.2 Å². The molecule has 3 aromatic rings. The largest absolute Gasteiger partial charge is 0.478 e. The molecule has 2 heterocycles. The van der Waals surface area contributed by atoms with Crippen molar-refractivity contribution in [2.24, 2.45) is 0 Å². The standard InChI is InChI=1S/C17H16N4O4S3/c22-17(23)12-10-11(4-5-14(12)21-6-8-26-9-7-21)20-28(24,25)15-3-1-2-13-16(15)19-27-18-13/h1-5,10,20H,6-9H2,(H,22,23). The fourth-order valence-corrected chi connectivity index (χ4v) is 5.78. The van der Waals surface area contributed by atoms with E-state index in [0.717, 1.165) is 36.3 Å². The van der Waals surface area contributed by atoms with Crippen LogP contribution < -0.4 is 9.62 Å². The van der Waals surface area contributed by atoms with Gasteiger partial charge in [0.25, 0.3) is 10.0 Å². The molecule has 0 amide bonds. The van der Waals surface area contributed by atoms with E-state index in [1.165, 1.54) is 12.1 Å². The van der Waals surface area contributed by atoms with E-state index in [1.54, 1.807) is 24.3 Å². The molecule has 2 N–H and O–H groups in total. The molecule has 2 aromatic carbocycles. The van der Waals surface area contributed by atoms with Crippen molar-refractivity contribution < 1.29 is 18.3 Å². The number of nitrogens with zero attached hydrogens (tertiary/aromatic N) is 3. The van der Waals surface area contributed by atoms with Crippen LogP contribution in [0.3, 0.4) is 0 Å². The first-order chi connectivity index (χ1) is 13.5. The van der Waals surface area contributed by atoms with Crippen molar-refractivity contribution >= 4 is 61.9 Å². The number of hydrogen-bond donors (Lipinski definition) is 2. The van der Waals surface area contributed by atoms with Crippen molar-refractivity contribution in [2.45, 2.75) is 4.90 Å². The maximum Gasteiger partial charge on any atom is 0.337 e. The number of fused-ring (bicyclic) bond motifs is 1. The number of aromatic carboxylic acids is 1. The topological polar surface area (TPSA) is 112 Å². The molecule has 0 saturated carbocycles. The summed E-state index contributed by atoms with van der Waals surface area (Å²) in [5.74, 6) is 0.762. The van der Waals surface area contributed by atoms with E-state index in [1.807, 2.05) is 16.7 Å². The van der Waals surface area contributed by atoms with E-state index < -0.39 is 16.0 Å². The number of thioether (sulfide) groups is 1. The molecule has 0 bridgehead atoms. The fourth-order valence-electron chi connectivity index (χ4n) is 3.06. The Kier molecular flexibility index (Phi) is 5.13. The number of aromatic nitrogens is 2. The Balaban J connectivity index is 1.68. The van der Waals surface area contributed by atoms with Gasteiger partial charge in [0.05, 0.1) is 23.0 Å². The average Bonchev–Trinajstić information content (AvgIpc) is 3.17. The summed E-state index contributed by atoms with van der Waals surface area (Å²) in [6.07, 6.45) is 0. The molecular weight excluding hydrogens is 420 g/mol. The van der Waals surface area contributed by atoms with Crippen molar-refractivity contribution in [3.8, 4) is 0 Å². The maximum atomic E-state index is 12.8. The molecule has 0 radical (unpaired) electrons. The summed E-state index contributed by atoms with van der Waals surface area (Å²) in [5.41, 5.74) is 1.65. The molecule has 1 aliphatic heterocycles. The van der Waals surface area contributed by atoms with E-state index in [2.05, 4.69) is 13.5 Å². The zero-order valence-electron chi connectivity index (χ0n) is 14.5. The molecule has 1 aliphatic rings. The van der Waals surface area contributed by atoms with Gasteiger partial charge in [-0.05, 0) is 30.3 Å². The minimum atomic E-state index is -3.95. The fraction of sp³-hybridized carbons (Fsp3) is 0.235. The summed E-state index contributed by atoms with van der Waals surface area (Å²) in [6, 6.07) is 9.33. The highest BCUT2D eigenvalue weighted by molar-refractivity contribution is 7.99. The van der Waals surface area contributed by atoms with E-state index in [-0.39, 0.29) is 16.1 Å². The van der Waals surface area contributed by atoms with Crippen LogP contribution in [0.15, 0.2) is 41.3 Å². The van der Waals surface area contributed by atoms with Gasteiger partial charge in [-0.15, -0.1) is 0 Å². The first-order valence-electron chi connectivity index (χ1n) is 8.40. The van der Waals surface area contributed by atoms with E-state index in [9.17, 15) is 18.3 Å². The first-order valence-corrected chi connectivity index (χ1v) is 11.8. The number of anilines is 2. The normalized spacial score (nSPS) is 14.9. The minimum absolute atomic E-state index is 0.00718. The van der Waals surface area contributed by atoms with Gasteiger partial charge in [-0.2, -0.15) is 20.5 Å². The molecule has 4 rings (SSSR count). The van der Waals surface area contributed by atoms with Crippen molar-refractivity contribution in [1.82, 2.24) is 8.75 Å². The van der Waals surface area contributed by atoms with Crippen molar-refractivity contribution in [1.29, 1.82) is 0 Å². The summed E-state index contributed by atoms with van der Waals surface area (Å²) < 4.78 is 36.3. The lowest BCUT2D eigenvalue weighted by molar-refractivity contribution is 0.0697. The van der Waals surface area contributed by atoms with Gasteiger partial charge in [-0.1, -0.05) is 6.07 Å². The van der Waals surface area contributed by atoms with Crippen molar-refractivity contribution in [3.63, 3.8) is 0 Å². The van der Waals surface area contributed by atoms with Gasteiger partial charge in [0.15, 0.2) is 0 Å². The Morgan fingerprint density at radius 3 is 2.68 bits per heavy atom. The second-order valence-electron chi connectivity index (χ2n) is 6.13. The van der Waals surface area contributed by atoms with Gasteiger partial charge in [0.2, 0.25) is 0 Å². The lowest BCUT2D eigenvalue weighted by Gasteiger charge is -2.29. The van der Waals surface area contributed by atoms with Crippen LogP contribution in [0, 0.1) is 0 Å². The van der Waals surface area contributed by atoms with Crippen LogP contribution in [0.1, 0.15) is 10.4 Å². The minimum Gasteiger partial charge on any atom is -0.478 e. The molecule has 8 nitrogen and oxygen atoms in total. The highest BCUT2D eigenvalue weighted by atomic mass is 32.2. The zero-order valence-corrected chi connectivity index (χ0v) is 17.0. The Morgan fingerprint density at radius 1 is 1.14 bits per heavy atom. The molecular formula is C17H16N4O4S3. The number of carboxylic acids is 1. The molecule has 11 heteroatoms. The predicted molar refractivity (Wildman–Crippen MR) is 111 cm³/mol. The predicted octanol–water partition coefficient (Wildman–Crippen LogP) is 2.74. The van der Waals surface area contributed by atoms with E-state index in [4.69, 9.17) is 0 Å². The van der Waals surface area contributed by atoms with E-state index >= 15 is 0 Å². The molecule has 0 aliphatic carbocycles. The Bertz CT molecular complexity index is 1140. The third-order valence-corrected chi connectivity index (χ3v) is 7.27. The summed E-state index contributed by atoms with van der Waals surface area (Å²) >= 11 is 2.76. The Labute approximate surface area is 170 Å². The SMILES string of the molecule is O=C(O)c1cc(NS(=O)(=O)c2cccc3nsnc23)ccc1N1CCSCC1. The van der Waals surface area contributed by atoms with Crippen LogP contribution in [0.2, 0.25) is 0 Å². The molecule has 1 fully saturated rings. The lowest BCUT2D eigenvalue weighted by Crippen LogP contribution is -2.33. The van der Waals surface area contributed by atoms with Crippen molar-refractivity contribution in [2.75, 3.05) is 34.2 Å². The molecule has 0 spiro atoms. The quantitative estimate of drug-likeness (QED) is 0.628. The van der Waals surface area contributed by atoms with Crippen LogP contribution in [0.4, 0.5) is 11.4 Å². The second kappa shape index (κ2) is 7.57. The summed E-state index contributed by atoms with van der Waals surface area (Å²) in [5, 5.41) is 9.62. The van der Waals surface area contributed by atoms with Crippen LogP contribution in [0.25, 0.3) is 11.0 Å². The smallest absolute Gasteiger partial charge is 0.337 e. The summed E-state index contributed by atoms with van der Waals surface area (Å²) in [6.45, 7) is 1.52. The highest BCUT2D eigenvalue weighted by Gasteiger charge is 2.23. The number of hydrogen-bond acceptors (Lipinski definition) is 8. The van der Waals surface area contributed by atoms with Gasteiger partial charge in [0.1, 0.15) is 15.9 Å².